The van der Waals surface area contributed by atoms with Gasteiger partial charge >= 0.3 is 0 Å². The van der Waals surface area contributed by atoms with Gasteiger partial charge in [-0.3, -0.25) is 0 Å². The molecule has 13 heavy (non-hydrogen) atoms. The summed E-state index contributed by atoms with van der Waals surface area (Å²) in [6.07, 6.45) is 4.21. The van der Waals surface area contributed by atoms with E-state index in [1.165, 1.54) is 0 Å². The maximum Gasteiger partial charge on any atom is 0.0663 e. The van der Waals surface area contributed by atoms with E-state index in [1.54, 1.807) is 0 Å². The molecule has 1 nitrogen and oxygen atoms in total. The smallest absolute Gasteiger partial charge is 0.0663 e. The highest BCUT2D eigenvalue weighted by atomic mass is 79.9. The lowest BCUT2D eigenvalue weighted by Gasteiger charge is -1.98. The van der Waals surface area contributed by atoms with Gasteiger partial charge in [0.05, 0.1) is 12.5 Å². The van der Waals surface area contributed by atoms with Crippen molar-refractivity contribution in [2.75, 3.05) is 0 Å². The molecule has 1 rings (SSSR count). The molecular formula is C10H7Br2N. The fourth-order valence-electron chi connectivity index (χ4n) is 0.881. The van der Waals surface area contributed by atoms with Crippen LogP contribution in [0.15, 0.2) is 33.2 Å². The maximum atomic E-state index is 8.35. The van der Waals surface area contributed by atoms with Crippen LogP contribution in [-0.4, -0.2) is 0 Å². The summed E-state index contributed by atoms with van der Waals surface area (Å²) in [6, 6.07) is 7.99. The molecule has 0 saturated carbocycles. The van der Waals surface area contributed by atoms with Gasteiger partial charge in [-0.25, -0.2) is 0 Å². The predicted molar refractivity (Wildman–Crippen MR) is 61.1 cm³/mol. The van der Waals surface area contributed by atoms with Crippen molar-refractivity contribution in [1.82, 2.24) is 0 Å². The highest BCUT2D eigenvalue weighted by Crippen LogP contribution is 2.22. The number of benzene rings is 1. The van der Waals surface area contributed by atoms with Crippen LogP contribution in [0.25, 0.3) is 6.08 Å². The number of hydrogen-bond donors (Lipinski definition) is 0. The Kier molecular flexibility index (Phi) is 4.20. The van der Waals surface area contributed by atoms with Gasteiger partial charge < -0.3 is 0 Å². The second-order valence-electron chi connectivity index (χ2n) is 2.43. The van der Waals surface area contributed by atoms with E-state index in [1.807, 2.05) is 30.4 Å². The lowest BCUT2D eigenvalue weighted by Crippen LogP contribution is -1.75. The molecule has 0 heterocycles. The van der Waals surface area contributed by atoms with Crippen molar-refractivity contribution in [1.29, 1.82) is 5.26 Å². The molecule has 0 saturated heterocycles. The highest BCUT2D eigenvalue weighted by Gasteiger charge is 1.95. The van der Waals surface area contributed by atoms with Crippen LogP contribution in [0, 0.1) is 11.3 Å². The first-order valence-electron chi connectivity index (χ1n) is 3.72. The van der Waals surface area contributed by atoms with Crippen molar-refractivity contribution in [2.24, 2.45) is 0 Å². The van der Waals surface area contributed by atoms with Crippen LogP contribution in [0.5, 0.6) is 0 Å². The first-order chi connectivity index (χ1) is 6.24. The van der Waals surface area contributed by atoms with E-state index in [2.05, 4.69) is 37.9 Å². The lowest BCUT2D eigenvalue weighted by atomic mass is 10.2. The Morgan fingerprint density at radius 3 is 2.85 bits per heavy atom. The normalized spacial score (nSPS) is 10.2. The number of nitrogens with zero attached hydrogens (tertiary/aromatic N) is 1. The van der Waals surface area contributed by atoms with Crippen LogP contribution in [0.4, 0.5) is 0 Å². The molecule has 0 unspecified atom stereocenters. The van der Waals surface area contributed by atoms with Crippen LogP contribution in [0.1, 0.15) is 12.0 Å². The molecule has 0 atom stereocenters. The molecule has 0 aliphatic rings. The molecule has 0 bridgehead atoms. The van der Waals surface area contributed by atoms with E-state index in [-0.39, 0.29) is 0 Å². The summed E-state index contributed by atoms with van der Waals surface area (Å²) in [5.41, 5.74) is 1.07. The minimum absolute atomic E-state index is 0.443. The maximum absolute atomic E-state index is 8.35. The van der Waals surface area contributed by atoms with Crippen molar-refractivity contribution >= 4 is 37.9 Å². The van der Waals surface area contributed by atoms with Crippen molar-refractivity contribution in [2.45, 2.75) is 6.42 Å². The third kappa shape index (κ3) is 3.33. The zero-order valence-corrected chi connectivity index (χ0v) is 9.97. The van der Waals surface area contributed by atoms with Gasteiger partial charge in [0.2, 0.25) is 0 Å². The van der Waals surface area contributed by atoms with Crippen molar-refractivity contribution in [3.63, 3.8) is 0 Å². The molecule has 0 N–H and O–H groups in total. The highest BCUT2D eigenvalue weighted by molar-refractivity contribution is 9.11. The van der Waals surface area contributed by atoms with E-state index in [9.17, 15) is 0 Å². The van der Waals surface area contributed by atoms with Crippen LogP contribution >= 0.6 is 31.9 Å². The van der Waals surface area contributed by atoms with Gasteiger partial charge in [-0.1, -0.05) is 44.0 Å². The standard InChI is InChI=1S/C10H7Br2N/c11-9-4-5-10(12)8(7-9)3-1-2-6-13/h1,3-5,7H,2H2. The molecule has 0 aliphatic carbocycles. The number of allylic oxidation sites excluding steroid dienone is 1. The minimum Gasteiger partial charge on any atom is -0.198 e. The first kappa shape index (κ1) is 10.5. The molecule has 0 amide bonds. The van der Waals surface area contributed by atoms with E-state index in [0.717, 1.165) is 14.5 Å². The molecule has 3 heteroatoms. The van der Waals surface area contributed by atoms with Gasteiger partial charge in [0.15, 0.2) is 0 Å². The van der Waals surface area contributed by atoms with Gasteiger partial charge in [0.1, 0.15) is 0 Å². The number of halogens is 2. The topological polar surface area (TPSA) is 23.8 Å². The van der Waals surface area contributed by atoms with Gasteiger partial charge in [0, 0.05) is 8.95 Å². The van der Waals surface area contributed by atoms with Crippen molar-refractivity contribution in [3.8, 4) is 6.07 Å². The van der Waals surface area contributed by atoms with Crippen LogP contribution < -0.4 is 0 Å². The molecular weight excluding hydrogens is 294 g/mol. The molecule has 0 aromatic heterocycles. The second kappa shape index (κ2) is 5.21. The monoisotopic (exact) mass is 299 g/mol. The van der Waals surface area contributed by atoms with E-state index in [0.29, 0.717) is 6.42 Å². The molecule has 0 radical (unpaired) electrons. The fourth-order valence-corrected chi connectivity index (χ4v) is 1.64. The Labute approximate surface area is 94.3 Å². The van der Waals surface area contributed by atoms with Gasteiger partial charge in [0.25, 0.3) is 0 Å². The molecule has 66 valence electrons. The average Bonchev–Trinajstić information content (AvgIpc) is 2.11. The zero-order valence-electron chi connectivity index (χ0n) is 6.80. The van der Waals surface area contributed by atoms with Gasteiger partial charge in [-0.2, -0.15) is 5.26 Å². The largest absolute Gasteiger partial charge is 0.198 e. The first-order valence-corrected chi connectivity index (χ1v) is 5.31. The van der Waals surface area contributed by atoms with Crippen LogP contribution in [0.3, 0.4) is 0 Å². The van der Waals surface area contributed by atoms with E-state index >= 15 is 0 Å². The Morgan fingerprint density at radius 1 is 1.38 bits per heavy atom. The SMILES string of the molecule is N#CCC=Cc1cc(Br)ccc1Br. The summed E-state index contributed by atoms with van der Waals surface area (Å²) in [5, 5.41) is 8.35. The predicted octanol–water partition coefficient (Wildman–Crippen LogP) is 4.14. The molecule has 1 aromatic carbocycles. The van der Waals surface area contributed by atoms with Crippen molar-refractivity contribution in [3.05, 3.63) is 38.8 Å². The summed E-state index contributed by atoms with van der Waals surface area (Å²) >= 11 is 6.81. The van der Waals surface area contributed by atoms with Crippen LogP contribution in [-0.2, 0) is 0 Å². The summed E-state index contributed by atoms with van der Waals surface area (Å²) in [7, 11) is 0. The van der Waals surface area contributed by atoms with E-state index < -0.39 is 0 Å². The van der Waals surface area contributed by atoms with Gasteiger partial charge in [-0.15, -0.1) is 0 Å². The number of nitriles is 1. The average molecular weight is 301 g/mol. The Hall–Kier alpha value is -0.590. The van der Waals surface area contributed by atoms with E-state index in [4.69, 9.17) is 5.26 Å². The summed E-state index contributed by atoms with van der Waals surface area (Å²) < 4.78 is 2.07. The Bertz CT molecular complexity index is 364. The summed E-state index contributed by atoms with van der Waals surface area (Å²) in [6.45, 7) is 0. The molecule has 1 aromatic rings. The lowest BCUT2D eigenvalue weighted by molar-refractivity contribution is 1.36. The van der Waals surface area contributed by atoms with Gasteiger partial charge in [-0.05, 0) is 23.8 Å². The zero-order chi connectivity index (χ0) is 9.68. The minimum atomic E-state index is 0.443. The Balaban J connectivity index is 2.88. The summed E-state index contributed by atoms with van der Waals surface area (Å²) in [4.78, 5) is 0. The van der Waals surface area contributed by atoms with Crippen molar-refractivity contribution < 1.29 is 0 Å². The Morgan fingerprint density at radius 2 is 2.15 bits per heavy atom. The molecule has 0 fully saturated rings. The summed E-state index contributed by atoms with van der Waals surface area (Å²) in [5.74, 6) is 0. The number of rotatable bonds is 2. The molecule has 0 aliphatic heterocycles. The molecule has 0 spiro atoms. The fraction of sp³-hybridized carbons (Fsp3) is 0.100. The van der Waals surface area contributed by atoms with Crippen LogP contribution in [0.2, 0.25) is 0 Å². The number of hydrogen-bond acceptors (Lipinski definition) is 1. The third-order valence-corrected chi connectivity index (χ3v) is 2.68. The third-order valence-electron chi connectivity index (χ3n) is 1.46. The second-order valence-corrected chi connectivity index (χ2v) is 4.20. The quantitative estimate of drug-likeness (QED) is 0.805.